The number of aromatic nitrogens is 2. The molecule has 0 spiro atoms. The van der Waals surface area contributed by atoms with Crippen LogP contribution in [0, 0.1) is 10.1 Å². The monoisotopic (exact) mass is 294 g/mol. The average Bonchev–Trinajstić information content (AvgIpc) is 2.88. The maximum atomic E-state index is 11.1. The van der Waals surface area contributed by atoms with Gasteiger partial charge < -0.3 is 10.5 Å². The van der Waals surface area contributed by atoms with E-state index < -0.39 is 4.92 Å². The van der Waals surface area contributed by atoms with Crippen LogP contribution in [0.3, 0.4) is 0 Å². The fourth-order valence-electron chi connectivity index (χ4n) is 1.67. The molecule has 0 saturated heterocycles. The molecule has 0 aliphatic heterocycles. The number of benzene rings is 1. The molecular formula is C12H14N4O3S. The van der Waals surface area contributed by atoms with Gasteiger partial charge in [0, 0.05) is 18.1 Å². The van der Waals surface area contributed by atoms with Crippen LogP contribution in [0.2, 0.25) is 0 Å². The summed E-state index contributed by atoms with van der Waals surface area (Å²) in [5.74, 6) is 0.257. The molecule has 1 heterocycles. The van der Waals surface area contributed by atoms with Crippen molar-refractivity contribution in [3.63, 3.8) is 0 Å². The zero-order chi connectivity index (χ0) is 14.5. The second kappa shape index (κ2) is 6.40. The van der Waals surface area contributed by atoms with Gasteiger partial charge in [-0.2, -0.15) is 0 Å². The summed E-state index contributed by atoms with van der Waals surface area (Å²) < 4.78 is 5.24. The van der Waals surface area contributed by atoms with E-state index in [4.69, 9.17) is 10.5 Å². The van der Waals surface area contributed by atoms with Crippen molar-refractivity contribution >= 4 is 17.0 Å². The third-order valence-electron chi connectivity index (χ3n) is 2.53. The summed E-state index contributed by atoms with van der Waals surface area (Å²) >= 11 is 1.38. The highest BCUT2D eigenvalue weighted by molar-refractivity contribution is 7.14. The third-order valence-corrected chi connectivity index (χ3v) is 3.56. The fourth-order valence-corrected chi connectivity index (χ4v) is 2.52. The molecule has 8 heteroatoms. The quantitative estimate of drug-likeness (QED) is 0.645. The molecule has 2 N–H and O–H groups in total. The molecule has 0 unspecified atom stereocenters. The molecule has 0 aliphatic rings. The Labute approximate surface area is 119 Å². The minimum absolute atomic E-state index is 0.0695. The Kier molecular flexibility index (Phi) is 4.59. The summed E-state index contributed by atoms with van der Waals surface area (Å²) in [5, 5.41) is 20.6. The van der Waals surface area contributed by atoms with Gasteiger partial charge in [0.25, 0.3) is 0 Å². The van der Waals surface area contributed by atoms with E-state index in [1.54, 1.807) is 19.1 Å². The van der Waals surface area contributed by atoms with Crippen LogP contribution >= 0.6 is 11.3 Å². The van der Waals surface area contributed by atoms with Crippen LogP contribution in [-0.4, -0.2) is 28.3 Å². The molecule has 1 aromatic heterocycles. The van der Waals surface area contributed by atoms with Gasteiger partial charge in [-0.15, -0.1) is 10.2 Å². The third kappa shape index (κ3) is 3.09. The Bertz CT molecular complexity index is 614. The molecule has 0 radical (unpaired) electrons. The number of rotatable bonds is 6. The molecular weight excluding hydrogens is 280 g/mol. The van der Waals surface area contributed by atoms with Crippen LogP contribution in [0.5, 0.6) is 5.75 Å². The first kappa shape index (κ1) is 14.4. The Morgan fingerprint density at radius 2 is 2.25 bits per heavy atom. The van der Waals surface area contributed by atoms with Crippen LogP contribution < -0.4 is 10.5 Å². The van der Waals surface area contributed by atoms with Crippen LogP contribution in [0.4, 0.5) is 5.69 Å². The van der Waals surface area contributed by atoms with E-state index in [2.05, 4.69) is 10.2 Å². The fraction of sp³-hybridized carbons (Fsp3) is 0.333. The van der Waals surface area contributed by atoms with Crippen molar-refractivity contribution in [1.29, 1.82) is 0 Å². The van der Waals surface area contributed by atoms with Crippen molar-refractivity contribution in [3.05, 3.63) is 33.3 Å². The van der Waals surface area contributed by atoms with Gasteiger partial charge in [0.15, 0.2) is 5.75 Å². The zero-order valence-corrected chi connectivity index (χ0v) is 11.7. The molecule has 2 aromatic rings. The maximum absolute atomic E-state index is 11.1. The summed E-state index contributed by atoms with van der Waals surface area (Å²) in [5.41, 5.74) is 6.04. The molecule has 2 rings (SSSR count). The Morgan fingerprint density at radius 3 is 2.90 bits per heavy atom. The summed E-state index contributed by atoms with van der Waals surface area (Å²) in [4.78, 5) is 10.6. The standard InChI is InChI=1S/C12H14N4O3S/c1-2-19-10-4-3-8(7-9(10)16(17)18)12-15-14-11(20-12)5-6-13/h3-4,7H,2,5-6,13H2,1H3. The molecule has 106 valence electrons. The number of hydrogen-bond acceptors (Lipinski definition) is 7. The summed E-state index contributed by atoms with van der Waals surface area (Å²) in [6.45, 7) is 2.65. The topological polar surface area (TPSA) is 104 Å². The molecule has 0 atom stereocenters. The Balaban J connectivity index is 2.36. The highest BCUT2D eigenvalue weighted by Crippen LogP contribution is 2.33. The van der Waals surface area contributed by atoms with Crippen molar-refractivity contribution in [3.8, 4) is 16.3 Å². The van der Waals surface area contributed by atoms with Gasteiger partial charge in [-0.25, -0.2) is 0 Å². The summed E-state index contributed by atoms with van der Waals surface area (Å²) in [7, 11) is 0. The van der Waals surface area contributed by atoms with Crippen LogP contribution in [0.25, 0.3) is 10.6 Å². The predicted octanol–water partition coefficient (Wildman–Crippen LogP) is 2.01. The van der Waals surface area contributed by atoms with Crippen molar-refractivity contribution in [2.75, 3.05) is 13.2 Å². The molecule has 0 amide bonds. The zero-order valence-electron chi connectivity index (χ0n) is 10.9. The predicted molar refractivity (Wildman–Crippen MR) is 75.9 cm³/mol. The maximum Gasteiger partial charge on any atom is 0.311 e. The lowest BCUT2D eigenvalue weighted by atomic mass is 10.2. The minimum atomic E-state index is -0.462. The second-order valence-electron chi connectivity index (χ2n) is 3.91. The second-order valence-corrected chi connectivity index (χ2v) is 4.97. The summed E-state index contributed by atoms with van der Waals surface area (Å²) in [6.07, 6.45) is 0.650. The van der Waals surface area contributed by atoms with E-state index in [0.717, 1.165) is 5.01 Å². The van der Waals surface area contributed by atoms with Crippen molar-refractivity contribution < 1.29 is 9.66 Å². The van der Waals surface area contributed by atoms with E-state index in [1.165, 1.54) is 17.4 Å². The van der Waals surface area contributed by atoms with E-state index in [1.807, 2.05) is 0 Å². The molecule has 1 aromatic carbocycles. The van der Waals surface area contributed by atoms with Crippen LogP contribution in [0.1, 0.15) is 11.9 Å². The van der Waals surface area contributed by atoms with Crippen molar-refractivity contribution in [2.45, 2.75) is 13.3 Å². The highest BCUT2D eigenvalue weighted by atomic mass is 32.1. The lowest BCUT2D eigenvalue weighted by Crippen LogP contribution is -2.01. The number of ether oxygens (including phenoxy) is 1. The lowest BCUT2D eigenvalue weighted by molar-refractivity contribution is -0.385. The van der Waals surface area contributed by atoms with Crippen molar-refractivity contribution in [2.24, 2.45) is 5.73 Å². The van der Waals surface area contributed by atoms with Gasteiger partial charge in [0.05, 0.1) is 11.5 Å². The first-order valence-electron chi connectivity index (χ1n) is 6.09. The Morgan fingerprint density at radius 1 is 1.45 bits per heavy atom. The molecule has 7 nitrogen and oxygen atoms in total. The minimum Gasteiger partial charge on any atom is -0.487 e. The van der Waals surface area contributed by atoms with Crippen molar-refractivity contribution in [1.82, 2.24) is 10.2 Å². The highest BCUT2D eigenvalue weighted by Gasteiger charge is 2.18. The normalized spacial score (nSPS) is 10.5. The van der Waals surface area contributed by atoms with E-state index in [9.17, 15) is 10.1 Å². The molecule has 0 fully saturated rings. The van der Waals surface area contributed by atoms with Gasteiger partial charge >= 0.3 is 5.69 Å². The van der Waals surface area contributed by atoms with Crippen LogP contribution in [-0.2, 0) is 6.42 Å². The lowest BCUT2D eigenvalue weighted by Gasteiger charge is -2.04. The van der Waals surface area contributed by atoms with Crippen LogP contribution in [0.15, 0.2) is 18.2 Å². The van der Waals surface area contributed by atoms with E-state index >= 15 is 0 Å². The van der Waals surface area contributed by atoms with Gasteiger partial charge in [-0.3, -0.25) is 10.1 Å². The van der Waals surface area contributed by atoms with Gasteiger partial charge in [-0.05, 0) is 25.6 Å². The van der Waals surface area contributed by atoms with E-state index in [0.29, 0.717) is 30.1 Å². The first-order chi connectivity index (χ1) is 9.65. The first-order valence-corrected chi connectivity index (χ1v) is 6.91. The van der Waals surface area contributed by atoms with Gasteiger partial charge in [0.2, 0.25) is 0 Å². The number of nitrogens with two attached hydrogens (primary N) is 1. The molecule has 0 aliphatic carbocycles. The SMILES string of the molecule is CCOc1ccc(-c2nnc(CCN)s2)cc1[N+](=O)[O-]. The smallest absolute Gasteiger partial charge is 0.311 e. The molecule has 0 bridgehead atoms. The van der Waals surface area contributed by atoms with Gasteiger partial charge in [0.1, 0.15) is 10.0 Å². The van der Waals surface area contributed by atoms with Gasteiger partial charge in [-0.1, -0.05) is 11.3 Å². The Hall–Kier alpha value is -2.06. The number of hydrogen-bond donors (Lipinski definition) is 1. The molecule has 20 heavy (non-hydrogen) atoms. The number of nitro groups is 1. The number of nitro benzene ring substituents is 1. The number of nitrogens with zero attached hydrogens (tertiary/aromatic N) is 3. The van der Waals surface area contributed by atoms with E-state index in [-0.39, 0.29) is 11.4 Å². The largest absolute Gasteiger partial charge is 0.487 e. The molecule has 0 saturated carbocycles. The summed E-state index contributed by atoms with van der Waals surface area (Å²) in [6, 6.07) is 4.78. The average molecular weight is 294 g/mol.